The normalized spacial score (nSPS) is 8.23. The molecule has 13 heavy (non-hydrogen) atoms. The molecule has 1 amide bonds. The van der Waals surface area contributed by atoms with Crippen molar-refractivity contribution in [3.63, 3.8) is 0 Å². The molecule has 4 nitrogen and oxygen atoms in total. The SMILES string of the molecule is CC.NC(=O)c1ccc(OO)cc1. The van der Waals surface area contributed by atoms with Crippen LogP contribution in [0.1, 0.15) is 24.2 Å². The number of primary amides is 1. The lowest BCUT2D eigenvalue weighted by molar-refractivity contribution is -0.137. The van der Waals surface area contributed by atoms with Crippen LogP contribution in [-0.4, -0.2) is 11.2 Å². The van der Waals surface area contributed by atoms with Crippen LogP contribution in [0.25, 0.3) is 0 Å². The summed E-state index contributed by atoms with van der Waals surface area (Å²) in [4.78, 5) is 14.4. The number of nitrogens with two attached hydrogens (primary N) is 1. The summed E-state index contributed by atoms with van der Waals surface area (Å²) in [7, 11) is 0. The Labute approximate surface area is 76.9 Å². The number of rotatable bonds is 2. The van der Waals surface area contributed by atoms with E-state index in [0.29, 0.717) is 5.56 Å². The molecule has 0 heterocycles. The molecule has 0 bridgehead atoms. The minimum absolute atomic E-state index is 0.273. The van der Waals surface area contributed by atoms with Crippen molar-refractivity contribution in [3.8, 4) is 5.75 Å². The van der Waals surface area contributed by atoms with E-state index in [1.54, 1.807) is 0 Å². The predicted molar refractivity (Wildman–Crippen MR) is 49.6 cm³/mol. The molecule has 0 aromatic heterocycles. The lowest BCUT2D eigenvalue weighted by Crippen LogP contribution is -2.10. The maximum atomic E-state index is 10.5. The number of benzene rings is 1. The molecule has 1 aromatic rings. The summed E-state index contributed by atoms with van der Waals surface area (Å²) >= 11 is 0. The lowest BCUT2D eigenvalue weighted by atomic mass is 10.2. The summed E-state index contributed by atoms with van der Waals surface area (Å²) < 4.78 is 0. The average molecular weight is 183 g/mol. The lowest BCUT2D eigenvalue weighted by Gasteiger charge is -1.96. The first-order chi connectivity index (χ1) is 6.24. The molecule has 0 aliphatic rings. The Kier molecular flexibility index (Phi) is 5.30. The van der Waals surface area contributed by atoms with Gasteiger partial charge in [-0.2, -0.15) is 0 Å². The number of amides is 1. The van der Waals surface area contributed by atoms with E-state index in [4.69, 9.17) is 11.0 Å². The van der Waals surface area contributed by atoms with Crippen molar-refractivity contribution in [2.24, 2.45) is 5.73 Å². The quantitative estimate of drug-likeness (QED) is 0.541. The average Bonchev–Trinajstić information content (AvgIpc) is 2.21. The molecular weight excluding hydrogens is 170 g/mol. The summed E-state index contributed by atoms with van der Waals surface area (Å²) in [6, 6.07) is 5.82. The first kappa shape index (κ1) is 11.4. The second kappa shape index (κ2) is 6.02. The molecule has 72 valence electrons. The van der Waals surface area contributed by atoms with Gasteiger partial charge in [0.05, 0.1) is 0 Å². The fourth-order valence-corrected chi connectivity index (χ4v) is 0.680. The van der Waals surface area contributed by atoms with Crippen molar-refractivity contribution in [2.75, 3.05) is 0 Å². The van der Waals surface area contributed by atoms with Gasteiger partial charge in [-0.15, -0.1) is 0 Å². The van der Waals surface area contributed by atoms with Gasteiger partial charge in [-0.05, 0) is 24.3 Å². The van der Waals surface area contributed by atoms with Gasteiger partial charge in [-0.1, -0.05) is 13.8 Å². The first-order valence-electron chi connectivity index (χ1n) is 3.95. The highest BCUT2D eigenvalue weighted by Crippen LogP contribution is 2.10. The van der Waals surface area contributed by atoms with Crippen molar-refractivity contribution >= 4 is 5.91 Å². The molecule has 1 rings (SSSR count). The Hall–Kier alpha value is -1.55. The Morgan fingerprint density at radius 1 is 1.31 bits per heavy atom. The molecular formula is C9H13NO3. The number of hydrogen-bond acceptors (Lipinski definition) is 3. The summed E-state index contributed by atoms with van der Waals surface area (Å²) in [5, 5.41) is 8.15. The smallest absolute Gasteiger partial charge is 0.248 e. The molecule has 0 atom stereocenters. The number of hydrogen-bond donors (Lipinski definition) is 2. The van der Waals surface area contributed by atoms with E-state index >= 15 is 0 Å². The highest BCUT2D eigenvalue weighted by Gasteiger charge is 1.98. The zero-order chi connectivity index (χ0) is 10.3. The Balaban J connectivity index is 0.000000671. The van der Waals surface area contributed by atoms with Crippen LogP contribution in [0.3, 0.4) is 0 Å². The van der Waals surface area contributed by atoms with Gasteiger partial charge in [0.25, 0.3) is 0 Å². The molecule has 0 aliphatic carbocycles. The van der Waals surface area contributed by atoms with E-state index in [1.807, 2.05) is 13.8 Å². The fourth-order valence-electron chi connectivity index (χ4n) is 0.680. The highest BCUT2D eigenvalue weighted by atomic mass is 17.1. The Bertz CT molecular complexity index is 256. The van der Waals surface area contributed by atoms with Gasteiger partial charge in [0.15, 0.2) is 5.75 Å². The third-order valence-electron chi connectivity index (χ3n) is 1.24. The third kappa shape index (κ3) is 3.57. The molecule has 0 unspecified atom stereocenters. The summed E-state index contributed by atoms with van der Waals surface area (Å²) in [6.07, 6.45) is 0. The van der Waals surface area contributed by atoms with Gasteiger partial charge in [0.1, 0.15) is 0 Å². The minimum atomic E-state index is -0.505. The van der Waals surface area contributed by atoms with Crippen LogP contribution in [0, 0.1) is 0 Å². The van der Waals surface area contributed by atoms with E-state index in [1.165, 1.54) is 24.3 Å². The molecule has 0 aliphatic heterocycles. The van der Waals surface area contributed by atoms with E-state index in [9.17, 15) is 4.79 Å². The van der Waals surface area contributed by atoms with Crippen molar-refractivity contribution in [1.82, 2.24) is 0 Å². The molecule has 0 saturated heterocycles. The molecule has 0 fully saturated rings. The number of carbonyl (C=O) groups is 1. The van der Waals surface area contributed by atoms with Crippen LogP contribution < -0.4 is 10.6 Å². The van der Waals surface area contributed by atoms with Gasteiger partial charge in [-0.3, -0.25) is 4.79 Å². The van der Waals surface area contributed by atoms with Crippen LogP contribution in [0.5, 0.6) is 5.75 Å². The molecule has 1 aromatic carbocycles. The van der Waals surface area contributed by atoms with Crippen molar-refractivity contribution in [2.45, 2.75) is 13.8 Å². The van der Waals surface area contributed by atoms with Gasteiger partial charge in [-0.25, -0.2) is 5.26 Å². The molecule has 3 N–H and O–H groups in total. The maximum Gasteiger partial charge on any atom is 0.248 e. The van der Waals surface area contributed by atoms with Crippen molar-refractivity contribution in [3.05, 3.63) is 29.8 Å². The highest BCUT2D eigenvalue weighted by molar-refractivity contribution is 5.92. The van der Waals surface area contributed by atoms with Crippen LogP contribution in [0.4, 0.5) is 0 Å². The first-order valence-corrected chi connectivity index (χ1v) is 3.95. The van der Waals surface area contributed by atoms with Gasteiger partial charge < -0.3 is 10.6 Å². The fraction of sp³-hybridized carbons (Fsp3) is 0.222. The van der Waals surface area contributed by atoms with Crippen LogP contribution >= 0.6 is 0 Å². The van der Waals surface area contributed by atoms with Gasteiger partial charge in [0.2, 0.25) is 5.91 Å². The van der Waals surface area contributed by atoms with Crippen molar-refractivity contribution < 1.29 is 14.9 Å². The van der Waals surface area contributed by atoms with Crippen LogP contribution in [-0.2, 0) is 0 Å². The molecule has 0 radical (unpaired) electrons. The summed E-state index contributed by atoms with van der Waals surface area (Å²) in [5.41, 5.74) is 5.34. The Morgan fingerprint density at radius 2 is 1.77 bits per heavy atom. The standard InChI is InChI=1S/C7H7NO3.C2H6/c8-7(9)5-1-3-6(11-10)4-2-5;1-2/h1-4,10H,(H2,8,9);1-2H3. The van der Waals surface area contributed by atoms with E-state index in [2.05, 4.69) is 4.89 Å². The van der Waals surface area contributed by atoms with Gasteiger partial charge >= 0.3 is 0 Å². The number of carbonyl (C=O) groups excluding carboxylic acids is 1. The molecule has 4 heteroatoms. The zero-order valence-corrected chi connectivity index (χ0v) is 7.65. The minimum Gasteiger partial charge on any atom is -0.366 e. The third-order valence-corrected chi connectivity index (χ3v) is 1.24. The monoisotopic (exact) mass is 183 g/mol. The second-order valence-electron chi connectivity index (χ2n) is 1.98. The van der Waals surface area contributed by atoms with E-state index < -0.39 is 5.91 Å². The van der Waals surface area contributed by atoms with Crippen molar-refractivity contribution in [1.29, 1.82) is 0 Å². The predicted octanol–water partition coefficient (Wildman–Crippen LogP) is 1.66. The maximum absolute atomic E-state index is 10.5. The van der Waals surface area contributed by atoms with Crippen LogP contribution in [0.2, 0.25) is 0 Å². The zero-order valence-electron chi connectivity index (χ0n) is 7.65. The van der Waals surface area contributed by atoms with E-state index in [0.717, 1.165) is 0 Å². The molecule has 0 spiro atoms. The van der Waals surface area contributed by atoms with Gasteiger partial charge in [0, 0.05) is 5.56 Å². The Morgan fingerprint density at radius 3 is 2.08 bits per heavy atom. The topological polar surface area (TPSA) is 72.6 Å². The largest absolute Gasteiger partial charge is 0.366 e. The molecule has 0 saturated carbocycles. The second-order valence-corrected chi connectivity index (χ2v) is 1.98. The summed E-state index contributed by atoms with van der Waals surface area (Å²) in [5.74, 6) is -0.232. The van der Waals surface area contributed by atoms with E-state index in [-0.39, 0.29) is 5.75 Å². The summed E-state index contributed by atoms with van der Waals surface area (Å²) in [6.45, 7) is 4.00. The van der Waals surface area contributed by atoms with Crippen LogP contribution in [0.15, 0.2) is 24.3 Å².